The van der Waals surface area contributed by atoms with E-state index in [1.165, 1.54) is 76.8 Å². The minimum atomic E-state index is 0.728. The largest absolute Gasteiger partial charge is 0.237 e. The summed E-state index contributed by atoms with van der Waals surface area (Å²) in [6.45, 7) is 0. The molecule has 2 nitrogen and oxygen atoms in total. The molecule has 48 heavy (non-hydrogen) atoms. The second-order valence-electron chi connectivity index (χ2n) is 12.5. The summed E-state index contributed by atoms with van der Waals surface area (Å²) in [5, 5.41) is 7.41. The van der Waals surface area contributed by atoms with Gasteiger partial charge in [-0.05, 0) is 120 Å². The molecular formula is C46H32N2. The second kappa shape index (κ2) is 11.9. The van der Waals surface area contributed by atoms with Crippen molar-refractivity contribution in [2.75, 3.05) is 0 Å². The fourth-order valence-electron chi connectivity index (χ4n) is 7.38. The van der Waals surface area contributed by atoms with E-state index in [-0.39, 0.29) is 0 Å². The van der Waals surface area contributed by atoms with Gasteiger partial charge in [-0.1, -0.05) is 127 Å². The maximum Gasteiger partial charge on any atom is 0.159 e. The summed E-state index contributed by atoms with van der Waals surface area (Å²) in [6.07, 6.45) is 12.5. The molecular weight excluding hydrogens is 581 g/mol. The van der Waals surface area contributed by atoms with Gasteiger partial charge in [0, 0.05) is 18.0 Å². The second-order valence-corrected chi connectivity index (χ2v) is 12.5. The van der Waals surface area contributed by atoms with Crippen LogP contribution in [0, 0.1) is 0 Å². The Morgan fingerprint density at radius 3 is 1.60 bits per heavy atom. The summed E-state index contributed by atoms with van der Waals surface area (Å²) in [5.74, 6) is 0.728. The number of benzene rings is 7. The molecule has 0 bridgehead atoms. The highest BCUT2D eigenvalue weighted by Crippen LogP contribution is 2.47. The van der Waals surface area contributed by atoms with Crippen LogP contribution in [0.4, 0.5) is 0 Å². The van der Waals surface area contributed by atoms with Gasteiger partial charge in [0.1, 0.15) is 0 Å². The SMILES string of the molecule is C1=CCCC(c2cc3ccccc3cc2-c2ccc3c(c2)c(-c2ccccc2)c(-c2ccccc2)c2cc(-c4ncccn4)ccc23)=C1. The van der Waals surface area contributed by atoms with Gasteiger partial charge in [-0.25, -0.2) is 9.97 Å². The molecule has 226 valence electrons. The van der Waals surface area contributed by atoms with Crippen molar-refractivity contribution < 1.29 is 0 Å². The first-order valence-corrected chi connectivity index (χ1v) is 16.6. The first kappa shape index (κ1) is 28.1. The van der Waals surface area contributed by atoms with Gasteiger partial charge in [-0.3, -0.25) is 0 Å². The molecule has 1 aliphatic carbocycles. The Bertz CT molecular complexity index is 2530. The molecule has 0 unspecified atom stereocenters. The molecule has 0 spiro atoms. The minimum absolute atomic E-state index is 0.728. The van der Waals surface area contributed by atoms with Crippen LogP contribution in [0.25, 0.3) is 82.7 Å². The number of nitrogens with zero attached hydrogens (tertiary/aromatic N) is 2. The Morgan fingerprint density at radius 2 is 1.00 bits per heavy atom. The average Bonchev–Trinajstić information content (AvgIpc) is 3.17. The van der Waals surface area contributed by atoms with Gasteiger partial charge in [0.2, 0.25) is 0 Å². The Morgan fingerprint density at radius 1 is 0.438 bits per heavy atom. The van der Waals surface area contributed by atoms with Crippen molar-refractivity contribution in [1.29, 1.82) is 0 Å². The molecule has 0 radical (unpaired) electrons. The van der Waals surface area contributed by atoms with Gasteiger partial charge in [-0.15, -0.1) is 0 Å². The predicted octanol–water partition coefficient (Wildman–Crippen LogP) is 12.3. The van der Waals surface area contributed by atoms with Crippen molar-refractivity contribution in [3.8, 4) is 44.8 Å². The number of hydrogen-bond acceptors (Lipinski definition) is 2. The van der Waals surface area contributed by atoms with Crippen LogP contribution in [-0.4, -0.2) is 9.97 Å². The zero-order chi connectivity index (χ0) is 31.9. The van der Waals surface area contributed by atoms with E-state index in [1.807, 2.05) is 18.5 Å². The fourth-order valence-corrected chi connectivity index (χ4v) is 7.38. The average molecular weight is 613 g/mol. The number of rotatable bonds is 5. The van der Waals surface area contributed by atoms with Crippen LogP contribution in [0.3, 0.4) is 0 Å². The lowest BCUT2D eigenvalue weighted by Gasteiger charge is -2.21. The Kier molecular flexibility index (Phi) is 6.98. The fraction of sp³-hybridized carbons (Fsp3) is 0.0435. The first-order valence-electron chi connectivity index (χ1n) is 16.6. The van der Waals surface area contributed by atoms with Crippen molar-refractivity contribution in [1.82, 2.24) is 9.97 Å². The van der Waals surface area contributed by atoms with Crippen molar-refractivity contribution in [2.45, 2.75) is 12.8 Å². The number of aromatic nitrogens is 2. The summed E-state index contributed by atoms with van der Waals surface area (Å²) in [7, 11) is 0. The third-order valence-electron chi connectivity index (χ3n) is 9.62. The number of fused-ring (bicyclic) bond motifs is 4. The predicted molar refractivity (Wildman–Crippen MR) is 203 cm³/mol. The quantitative estimate of drug-likeness (QED) is 0.181. The molecule has 0 saturated heterocycles. The molecule has 0 fully saturated rings. The first-order chi connectivity index (χ1) is 23.8. The van der Waals surface area contributed by atoms with Crippen LogP contribution < -0.4 is 0 Å². The maximum absolute atomic E-state index is 4.59. The standard InChI is InChI=1S/C46H32N2/c1-4-13-31(14-5-1)40-27-34-19-10-11-20-35(34)28-41(40)36-21-23-38-39-24-22-37(46-47-25-12-26-48-46)30-43(39)45(33-17-8-3-9-18-33)44(42(38)29-36)32-15-6-2-7-16-32/h1-4,6-13,15-30H,5,14H2. The molecule has 0 aliphatic heterocycles. The Balaban J connectivity index is 1.40. The summed E-state index contributed by atoms with van der Waals surface area (Å²) in [4.78, 5) is 9.19. The third-order valence-corrected chi connectivity index (χ3v) is 9.62. The van der Waals surface area contributed by atoms with E-state index in [9.17, 15) is 0 Å². The summed E-state index contributed by atoms with van der Waals surface area (Å²) >= 11 is 0. The van der Waals surface area contributed by atoms with E-state index in [4.69, 9.17) is 0 Å². The van der Waals surface area contributed by atoms with Gasteiger partial charge < -0.3 is 0 Å². The van der Waals surface area contributed by atoms with Crippen LogP contribution in [0.15, 0.2) is 170 Å². The van der Waals surface area contributed by atoms with Crippen LogP contribution in [0.5, 0.6) is 0 Å². The topological polar surface area (TPSA) is 25.8 Å². The van der Waals surface area contributed by atoms with E-state index in [0.717, 1.165) is 24.2 Å². The Labute approximate surface area is 280 Å². The van der Waals surface area contributed by atoms with E-state index in [1.54, 1.807) is 0 Å². The molecule has 1 heterocycles. The van der Waals surface area contributed by atoms with Crippen molar-refractivity contribution in [3.63, 3.8) is 0 Å². The van der Waals surface area contributed by atoms with Crippen molar-refractivity contribution in [3.05, 3.63) is 176 Å². The van der Waals surface area contributed by atoms with E-state index < -0.39 is 0 Å². The minimum Gasteiger partial charge on any atom is -0.237 e. The summed E-state index contributed by atoms with van der Waals surface area (Å²) in [6, 6.07) is 50.8. The molecule has 2 heteroatoms. The van der Waals surface area contributed by atoms with Gasteiger partial charge in [0.15, 0.2) is 5.82 Å². The zero-order valence-electron chi connectivity index (χ0n) is 26.5. The van der Waals surface area contributed by atoms with Gasteiger partial charge in [0.05, 0.1) is 0 Å². The van der Waals surface area contributed by atoms with Crippen LogP contribution in [-0.2, 0) is 0 Å². The van der Waals surface area contributed by atoms with Crippen LogP contribution in [0.2, 0.25) is 0 Å². The molecule has 9 rings (SSSR count). The lowest BCUT2D eigenvalue weighted by atomic mass is 9.82. The van der Waals surface area contributed by atoms with Crippen molar-refractivity contribution >= 4 is 37.9 Å². The van der Waals surface area contributed by atoms with E-state index in [2.05, 4.69) is 162 Å². The highest BCUT2D eigenvalue weighted by molar-refractivity contribution is 6.22. The lowest BCUT2D eigenvalue weighted by molar-refractivity contribution is 1.05. The maximum atomic E-state index is 4.59. The molecule has 1 aromatic heterocycles. The monoisotopic (exact) mass is 612 g/mol. The highest BCUT2D eigenvalue weighted by atomic mass is 14.8. The molecule has 0 atom stereocenters. The van der Waals surface area contributed by atoms with Gasteiger partial charge in [-0.2, -0.15) is 0 Å². The van der Waals surface area contributed by atoms with Crippen LogP contribution >= 0.6 is 0 Å². The summed E-state index contributed by atoms with van der Waals surface area (Å²) in [5.41, 5.74) is 11.0. The van der Waals surface area contributed by atoms with Crippen molar-refractivity contribution in [2.24, 2.45) is 0 Å². The molecule has 0 amide bonds. The molecule has 8 aromatic rings. The molecule has 7 aromatic carbocycles. The molecule has 0 N–H and O–H groups in total. The van der Waals surface area contributed by atoms with Crippen LogP contribution in [0.1, 0.15) is 18.4 Å². The van der Waals surface area contributed by atoms with Gasteiger partial charge in [0.25, 0.3) is 0 Å². The smallest absolute Gasteiger partial charge is 0.159 e. The summed E-state index contributed by atoms with van der Waals surface area (Å²) < 4.78 is 0. The normalized spacial score (nSPS) is 12.9. The Hall–Kier alpha value is -6.12. The molecule has 1 aliphatic rings. The van der Waals surface area contributed by atoms with E-state index in [0.29, 0.717) is 0 Å². The van der Waals surface area contributed by atoms with Gasteiger partial charge >= 0.3 is 0 Å². The molecule has 0 saturated carbocycles. The van der Waals surface area contributed by atoms with E-state index >= 15 is 0 Å². The lowest BCUT2D eigenvalue weighted by Crippen LogP contribution is -1.96. The number of allylic oxidation sites excluding steroid dienone is 4. The zero-order valence-corrected chi connectivity index (χ0v) is 26.5. The number of hydrogen-bond donors (Lipinski definition) is 0. The highest BCUT2D eigenvalue weighted by Gasteiger charge is 2.20. The third kappa shape index (κ3) is 4.90.